The molecule has 0 radical (unpaired) electrons. The number of hydrogen-bond donors (Lipinski definition) is 1. The second-order valence-electron chi connectivity index (χ2n) is 3.26. The van der Waals surface area contributed by atoms with E-state index < -0.39 is 35.1 Å². The lowest BCUT2D eigenvalue weighted by molar-refractivity contribution is -0.132. The quantitative estimate of drug-likeness (QED) is 0.652. The van der Waals surface area contributed by atoms with E-state index in [-0.39, 0.29) is 5.57 Å². The van der Waals surface area contributed by atoms with Crippen LogP contribution in [0.1, 0.15) is 12.5 Å². The molecule has 0 saturated carbocycles. The maximum absolute atomic E-state index is 12.6. The van der Waals surface area contributed by atoms with Crippen LogP contribution in [-0.4, -0.2) is 11.1 Å². The van der Waals surface area contributed by atoms with Gasteiger partial charge in [-0.1, -0.05) is 12.6 Å². The molecule has 0 aliphatic rings. The van der Waals surface area contributed by atoms with E-state index in [9.17, 15) is 26.7 Å². The number of rotatable bonds is 2. The van der Waals surface area contributed by atoms with E-state index in [2.05, 4.69) is 6.58 Å². The smallest absolute Gasteiger partial charge is 0.330 e. The molecular formula is C12H9F5O2. The average Bonchev–Trinajstić information content (AvgIpc) is 2.32. The van der Waals surface area contributed by atoms with Crippen molar-refractivity contribution in [3.8, 4) is 0 Å². The van der Waals surface area contributed by atoms with Crippen molar-refractivity contribution in [2.75, 3.05) is 0 Å². The maximum Gasteiger partial charge on any atom is 0.330 e. The van der Waals surface area contributed by atoms with Gasteiger partial charge >= 0.3 is 12.0 Å². The number of aliphatic carboxylic acids is 1. The largest absolute Gasteiger partial charge is 0.478 e. The first-order valence-electron chi connectivity index (χ1n) is 4.72. The SMILES string of the molecule is C=C(C)C(=O)O.FC(F)=C(F)c1cccc(F)c1F. The van der Waals surface area contributed by atoms with Gasteiger partial charge in [-0.15, -0.1) is 0 Å². The van der Waals surface area contributed by atoms with Crippen molar-refractivity contribution in [1.29, 1.82) is 0 Å². The summed E-state index contributed by atoms with van der Waals surface area (Å²) < 4.78 is 60.7. The molecule has 19 heavy (non-hydrogen) atoms. The van der Waals surface area contributed by atoms with Crippen LogP contribution in [0.25, 0.3) is 5.83 Å². The maximum atomic E-state index is 12.6. The van der Waals surface area contributed by atoms with Gasteiger partial charge in [-0.25, -0.2) is 18.0 Å². The molecule has 0 bridgehead atoms. The third-order valence-corrected chi connectivity index (χ3v) is 1.72. The summed E-state index contributed by atoms with van der Waals surface area (Å²) in [5.74, 6) is -5.96. The molecule has 0 heterocycles. The molecule has 1 rings (SSSR count). The van der Waals surface area contributed by atoms with Crippen LogP contribution in [0.4, 0.5) is 22.0 Å². The Bertz CT molecular complexity index is 507. The first-order valence-corrected chi connectivity index (χ1v) is 4.72. The fourth-order valence-corrected chi connectivity index (χ4v) is 0.775. The number of benzene rings is 1. The molecule has 2 nitrogen and oxygen atoms in total. The zero-order valence-corrected chi connectivity index (χ0v) is 9.68. The van der Waals surface area contributed by atoms with Crippen LogP contribution in [0.3, 0.4) is 0 Å². The van der Waals surface area contributed by atoms with Crippen LogP contribution in [0.5, 0.6) is 0 Å². The third kappa shape index (κ3) is 5.33. The molecule has 0 spiro atoms. The van der Waals surface area contributed by atoms with Crippen LogP contribution in [0.2, 0.25) is 0 Å². The van der Waals surface area contributed by atoms with Crippen molar-refractivity contribution >= 4 is 11.8 Å². The summed E-state index contributed by atoms with van der Waals surface area (Å²) in [6, 6.07) is 2.38. The zero-order chi connectivity index (χ0) is 15.2. The summed E-state index contributed by atoms with van der Waals surface area (Å²) in [5, 5.41) is 7.89. The molecule has 0 fully saturated rings. The summed E-state index contributed by atoms with van der Waals surface area (Å²) in [7, 11) is 0. The van der Waals surface area contributed by atoms with Crippen molar-refractivity contribution in [3.63, 3.8) is 0 Å². The first kappa shape index (κ1) is 16.8. The number of carboxylic acid groups (broad SMARTS) is 1. The van der Waals surface area contributed by atoms with Gasteiger partial charge < -0.3 is 5.11 Å². The number of carbonyl (C=O) groups is 1. The minimum atomic E-state index is -2.68. The predicted octanol–water partition coefficient (Wildman–Crippen LogP) is 4.15. The molecular weight excluding hydrogens is 271 g/mol. The Morgan fingerprint density at radius 2 is 1.68 bits per heavy atom. The van der Waals surface area contributed by atoms with Crippen molar-refractivity contribution in [2.24, 2.45) is 0 Å². The van der Waals surface area contributed by atoms with Gasteiger partial charge in [0, 0.05) is 5.57 Å². The summed E-state index contributed by atoms with van der Waals surface area (Å²) >= 11 is 0. The van der Waals surface area contributed by atoms with Gasteiger partial charge in [-0.3, -0.25) is 0 Å². The van der Waals surface area contributed by atoms with E-state index in [0.717, 1.165) is 12.1 Å². The summed E-state index contributed by atoms with van der Waals surface area (Å²) in [5.41, 5.74) is -0.894. The Hall–Kier alpha value is -2.18. The van der Waals surface area contributed by atoms with Gasteiger partial charge in [0.2, 0.25) is 0 Å². The summed E-state index contributed by atoms with van der Waals surface area (Å²) in [6.45, 7) is 4.60. The van der Waals surface area contributed by atoms with E-state index in [1.807, 2.05) is 0 Å². The molecule has 1 N–H and O–H groups in total. The van der Waals surface area contributed by atoms with E-state index in [0.29, 0.717) is 6.07 Å². The number of hydrogen-bond acceptors (Lipinski definition) is 1. The van der Waals surface area contributed by atoms with Gasteiger partial charge in [0.1, 0.15) is 0 Å². The lowest BCUT2D eigenvalue weighted by Crippen LogP contribution is -1.92. The third-order valence-electron chi connectivity index (χ3n) is 1.72. The molecule has 0 unspecified atom stereocenters. The summed E-state index contributed by atoms with van der Waals surface area (Å²) in [4.78, 5) is 9.60. The fourth-order valence-electron chi connectivity index (χ4n) is 0.775. The standard InChI is InChI=1S/C8H3F5.C4H6O2/c9-5-3-1-2-4(6(5)10)7(11)8(12)13;1-3(2)4(5)6/h1-3H;1H2,2H3,(H,5,6). The van der Waals surface area contributed by atoms with Crippen molar-refractivity contribution in [1.82, 2.24) is 0 Å². The van der Waals surface area contributed by atoms with E-state index in [4.69, 9.17) is 5.11 Å². The minimum Gasteiger partial charge on any atom is -0.478 e. The molecule has 0 saturated heterocycles. The van der Waals surface area contributed by atoms with Crippen LogP contribution in [0, 0.1) is 11.6 Å². The van der Waals surface area contributed by atoms with Gasteiger partial charge in [-0.2, -0.15) is 8.78 Å². The van der Waals surface area contributed by atoms with Gasteiger partial charge in [-0.05, 0) is 19.1 Å². The van der Waals surface area contributed by atoms with Crippen LogP contribution in [0.15, 0.2) is 36.4 Å². The Morgan fingerprint density at radius 1 is 1.21 bits per heavy atom. The Kier molecular flexibility index (Phi) is 6.46. The highest BCUT2D eigenvalue weighted by Gasteiger charge is 2.15. The molecule has 1 aromatic carbocycles. The molecule has 0 aliphatic carbocycles. The van der Waals surface area contributed by atoms with Crippen molar-refractivity contribution < 1.29 is 31.9 Å². The highest BCUT2D eigenvalue weighted by molar-refractivity contribution is 5.84. The molecule has 7 heteroatoms. The van der Waals surface area contributed by atoms with Gasteiger partial charge in [0.25, 0.3) is 0 Å². The normalized spacial score (nSPS) is 9.16. The van der Waals surface area contributed by atoms with Crippen LogP contribution >= 0.6 is 0 Å². The highest BCUT2D eigenvalue weighted by atomic mass is 19.3. The van der Waals surface area contributed by atoms with Gasteiger partial charge in [0.15, 0.2) is 17.5 Å². The van der Waals surface area contributed by atoms with Crippen LogP contribution < -0.4 is 0 Å². The van der Waals surface area contributed by atoms with Crippen molar-refractivity contribution in [2.45, 2.75) is 6.92 Å². The lowest BCUT2D eigenvalue weighted by Gasteiger charge is -1.99. The number of carboxylic acids is 1. The lowest BCUT2D eigenvalue weighted by atomic mass is 10.2. The van der Waals surface area contributed by atoms with E-state index in [1.165, 1.54) is 6.92 Å². The Labute approximate surface area is 105 Å². The summed E-state index contributed by atoms with van der Waals surface area (Å²) in [6.07, 6.45) is -2.68. The second-order valence-corrected chi connectivity index (χ2v) is 3.26. The second kappa shape index (κ2) is 7.30. The first-order chi connectivity index (χ1) is 8.68. The monoisotopic (exact) mass is 280 g/mol. The topological polar surface area (TPSA) is 37.3 Å². The highest BCUT2D eigenvalue weighted by Crippen LogP contribution is 2.25. The molecule has 0 aromatic heterocycles. The van der Waals surface area contributed by atoms with Gasteiger partial charge in [0.05, 0.1) is 5.56 Å². The van der Waals surface area contributed by atoms with E-state index >= 15 is 0 Å². The molecule has 0 atom stereocenters. The molecule has 0 aliphatic heterocycles. The average molecular weight is 280 g/mol. The minimum absolute atomic E-state index is 0.176. The van der Waals surface area contributed by atoms with E-state index in [1.54, 1.807) is 0 Å². The van der Waals surface area contributed by atoms with Crippen molar-refractivity contribution in [3.05, 3.63) is 53.6 Å². The number of halogens is 5. The molecule has 1 aromatic rings. The Morgan fingerprint density at radius 3 is 2.05 bits per heavy atom. The molecule has 104 valence electrons. The predicted molar refractivity (Wildman–Crippen MR) is 59.1 cm³/mol. The molecule has 0 amide bonds. The zero-order valence-electron chi connectivity index (χ0n) is 9.68. The fraction of sp³-hybridized carbons (Fsp3) is 0.0833. The van der Waals surface area contributed by atoms with Crippen LogP contribution in [-0.2, 0) is 4.79 Å². The Balaban J connectivity index is 0.000000459.